The number of aromatic nitrogens is 3. The number of hydrogen-bond donors (Lipinski definition) is 2. The van der Waals surface area contributed by atoms with E-state index >= 15 is 0 Å². The molecule has 0 aliphatic rings. The van der Waals surface area contributed by atoms with Crippen LogP contribution in [0.15, 0.2) is 78.0 Å². The maximum Gasteiger partial charge on any atom is 0.234 e. The molecule has 0 bridgehead atoms. The minimum atomic E-state index is -0.837. The molecule has 0 unspecified atom stereocenters. The van der Waals surface area contributed by atoms with Gasteiger partial charge in [-0.15, -0.1) is 10.2 Å². The van der Waals surface area contributed by atoms with Crippen molar-refractivity contribution in [2.75, 3.05) is 23.5 Å². The molecular weight excluding hydrogens is 460 g/mol. The van der Waals surface area contributed by atoms with Crippen molar-refractivity contribution in [3.05, 3.63) is 90.3 Å². The fraction of sp³-hybridized carbons (Fsp3) is 0.125. The molecule has 34 heavy (non-hydrogen) atoms. The van der Waals surface area contributed by atoms with Gasteiger partial charge in [0.2, 0.25) is 5.91 Å². The van der Waals surface area contributed by atoms with Crippen LogP contribution in [0.4, 0.5) is 20.2 Å². The molecule has 10 heteroatoms. The van der Waals surface area contributed by atoms with Crippen molar-refractivity contribution in [3.8, 4) is 11.4 Å². The summed E-state index contributed by atoms with van der Waals surface area (Å²) < 4.78 is 34.2. The highest BCUT2D eigenvalue weighted by Gasteiger charge is 2.17. The van der Waals surface area contributed by atoms with Gasteiger partial charge in [0.25, 0.3) is 0 Å². The molecule has 1 aromatic heterocycles. The number of thioether (sulfide) groups is 1. The summed E-state index contributed by atoms with van der Waals surface area (Å²) >= 11 is 1.16. The van der Waals surface area contributed by atoms with Crippen LogP contribution in [-0.2, 0) is 11.3 Å². The Morgan fingerprint density at radius 1 is 1.00 bits per heavy atom. The summed E-state index contributed by atoms with van der Waals surface area (Å²) in [7, 11) is 1.60. The number of carbonyl (C=O) groups is 1. The van der Waals surface area contributed by atoms with Crippen LogP contribution < -0.4 is 15.4 Å². The van der Waals surface area contributed by atoms with Crippen molar-refractivity contribution in [2.45, 2.75) is 11.7 Å². The van der Waals surface area contributed by atoms with Crippen molar-refractivity contribution in [1.29, 1.82) is 0 Å². The van der Waals surface area contributed by atoms with Crippen LogP contribution in [0.5, 0.6) is 5.75 Å². The third kappa shape index (κ3) is 5.52. The predicted octanol–water partition coefficient (Wildman–Crippen LogP) is 4.90. The summed E-state index contributed by atoms with van der Waals surface area (Å²) in [4.78, 5) is 12.4. The Morgan fingerprint density at radius 2 is 1.76 bits per heavy atom. The lowest BCUT2D eigenvalue weighted by Gasteiger charge is -2.13. The second-order valence-electron chi connectivity index (χ2n) is 7.08. The number of nitrogens with one attached hydrogen (secondary N) is 2. The van der Waals surface area contributed by atoms with E-state index in [1.807, 2.05) is 59.2 Å². The molecule has 2 N–H and O–H groups in total. The number of carbonyl (C=O) groups excluding carboxylic acids is 1. The number of halogens is 2. The Bertz CT molecular complexity index is 1280. The van der Waals surface area contributed by atoms with Crippen LogP contribution in [0.1, 0.15) is 5.82 Å². The van der Waals surface area contributed by atoms with Gasteiger partial charge in [0.1, 0.15) is 17.4 Å². The van der Waals surface area contributed by atoms with Crippen LogP contribution in [-0.4, -0.2) is 33.5 Å². The molecule has 0 atom stereocenters. The molecule has 0 fully saturated rings. The molecule has 0 radical (unpaired) electrons. The number of amides is 1. The summed E-state index contributed by atoms with van der Waals surface area (Å²) in [6, 6.07) is 20.0. The van der Waals surface area contributed by atoms with E-state index < -0.39 is 17.5 Å². The predicted molar refractivity (Wildman–Crippen MR) is 127 cm³/mol. The minimum Gasteiger partial charge on any atom is -0.495 e. The van der Waals surface area contributed by atoms with E-state index in [1.54, 1.807) is 7.11 Å². The van der Waals surface area contributed by atoms with Crippen molar-refractivity contribution < 1.29 is 18.3 Å². The number of methoxy groups -OCH3 is 1. The number of benzene rings is 3. The fourth-order valence-electron chi connectivity index (χ4n) is 3.22. The van der Waals surface area contributed by atoms with Gasteiger partial charge in [0.05, 0.1) is 30.8 Å². The molecule has 174 valence electrons. The van der Waals surface area contributed by atoms with Crippen LogP contribution in [0.3, 0.4) is 0 Å². The first-order chi connectivity index (χ1) is 16.5. The number of para-hydroxylation sites is 3. The second kappa shape index (κ2) is 10.8. The molecule has 3 aromatic carbocycles. The SMILES string of the molecule is COc1ccccc1NCc1nnc(SCC(=O)Nc2ccc(F)cc2F)n1-c1ccccc1. The first-order valence-corrected chi connectivity index (χ1v) is 11.3. The van der Waals surface area contributed by atoms with Crippen molar-refractivity contribution >= 4 is 29.0 Å². The molecule has 1 heterocycles. The maximum absolute atomic E-state index is 13.8. The van der Waals surface area contributed by atoms with Crippen molar-refractivity contribution in [2.24, 2.45) is 0 Å². The fourth-order valence-corrected chi connectivity index (χ4v) is 3.99. The monoisotopic (exact) mass is 481 g/mol. The van der Waals surface area contributed by atoms with Gasteiger partial charge in [-0.05, 0) is 36.4 Å². The topological polar surface area (TPSA) is 81.1 Å². The lowest BCUT2D eigenvalue weighted by atomic mass is 10.3. The number of hydrogen-bond acceptors (Lipinski definition) is 6. The first-order valence-electron chi connectivity index (χ1n) is 10.3. The Morgan fingerprint density at radius 3 is 2.53 bits per heavy atom. The smallest absolute Gasteiger partial charge is 0.234 e. The summed E-state index contributed by atoms with van der Waals surface area (Å²) in [5, 5.41) is 14.8. The van der Waals surface area contributed by atoms with Gasteiger partial charge in [0, 0.05) is 11.8 Å². The van der Waals surface area contributed by atoms with Gasteiger partial charge < -0.3 is 15.4 Å². The molecule has 0 saturated heterocycles. The van der Waals surface area contributed by atoms with Gasteiger partial charge in [-0.25, -0.2) is 8.78 Å². The number of rotatable bonds is 9. The molecule has 1 amide bonds. The largest absolute Gasteiger partial charge is 0.495 e. The van der Waals surface area contributed by atoms with E-state index in [9.17, 15) is 13.6 Å². The third-order valence-corrected chi connectivity index (χ3v) is 5.73. The Labute approximate surface area is 199 Å². The molecule has 0 aliphatic carbocycles. The van der Waals surface area contributed by atoms with E-state index in [0.29, 0.717) is 23.3 Å². The third-order valence-electron chi connectivity index (χ3n) is 4.80. The van der Waals surface area contributed by atoms with E-state index in [2.05, 4.69) is 20.8 Å². The van der Waals surface area contributed by atoms with Crippen LogP contribution in [0.2, 0.25) is 0 Å². The quantitative estimate of drug-likeness (QED) is 0.331. The Kier molecular flexibility index (Phi) is 7.38. The highest BCUT2D eigenvalue weighted by molar-refractivity contribution is 7.99. The molecular formula is C24H21F2N5O2S. The highest BCUT2D eigenvalue weighted by Crippen LogP contribution is 2.26. The summed E-state index contributed by atoms with van der Waals surface area (Å²) in [6.07, 6.45) is 0. The number of ether oxygens (including phenoxy) is 1. The highest BCUT2D eigenvalue weighted by atomic mass is 32.2. The van der Waals surface area contributed by atoms with Crippen LogP contribution in [0.25, 0.3) is 5.69 Å². The zero-order valence-corrected chi connectivity index (χ0v) is 19.0. The van der Waals surface area contributed by atoms with Crippen LogP contribution >= 0.6 is 11.8 Å². The molecule has 4 rings (SSSR count). The maximum atomic E-state index is 13.8. The second-order valence-corrected chi connectivity index (χ2v) is 8.03. The minimum absolute atomic E-state index is 0.0400. The first kappa shape index (κ1) is 23.2. The summed E-state index contributed by atoms with van der Waals surface area (Å²) in [6.45, 7) is 0.357. The Hall–Kier alpha value is -3.92. The molecule has 0 aliphatic heterocycles. The molecule has 0 spiro atoms. The number of nitrogens with zero attached hydrogens (tertiary/aromatic N) is 3. The normalized spacial score (nSPS) is 10.7. The van der Waals surface area contributed by atoms with Gasteiger partial charge in [0.15, 0.2) is 11.0 Å². The Balaban J connectivity index is 1.51. The van der Waals surface area contributed by atoms with Crippen molar-refractivity contribution in [1.82, 2.24) is 14.8 Å². The van der Waals surface area contributed by atoms with E-state index in [-0.39, 0.29) is 11.4 Å². The molecule has 0 saturated carbocycles. The lowest BCUT2D eigenvalue weighted by molar-refractivity contribution is -0.113. The zero-order valence-electron chi connectivity index (χ0n) is 18.2. The van der Waals surface area contributed by atoms with Gasteiger partial charge in [-0.1, -0.05) is 42.1 Å². The van der Waals surface area contributed by atoms with Crippen LogP contribution in [0, 0.1) is 11.6 Å². The van der Waals surface area contributed by atoms with Gasteiger partial charge in [-0.2, -0.15) is 0 Å². The lowest BCUT2D eigenvalue weighted by Crippen LogP contribution is -2.16. The van der Waals surface area contributed by atoms with E-state index in [1.165, 1.54) is 6.07 Å². The zero-order chi connectivity index (χ0) is 23.9. The standard InChI is InChI=1S/C24H21F2N5O2S/c1-33-21-10-6-5-9-20(21)27-14-22-29-30-24(31(22)17-7-3-2-4-8-17)34-15-23(32)28-19-12-11-16(25)13-18(19)26/h2-13,27H,14-15H2,1H3,(H,28,32). The van der Waals surface area contributed by atoms with Crippen molar-refractivity contribution in [3.63, 3.8) is 0 Å². The summed E-state index contributed by atoms with van der Waals surface area (Å²) in [5.41, 5.74) is 1.55. The average Bonchev–Trinajstić information content (AvgIpc) is 3.26. The molecule has 7 nitrogen and oxygen atoms in total. The average molecular weight is 482 g/mol. The molecule has 4 aromatic rings. The summed E-state index contributed by atoms with van der Waals surface area (Å²) in [5.74, 6) is -0.712. The van der Waals surface area contributed by atoms with E-state index in [0.717, 1.165) is 35.3 Å². The number of anilines is 2. The van der Waals surface area contributed by atoms with Gasteiger partial charge >= 0.3 is 0 Å². The van der Waals surface area contributed by atoms with Gasteiger partial charge in [-0.3, -0.25) is 9.36 Å². The van der Waals surface area contributed by atoms with E-state index in [4.69, 9.17) is 4.74 Å².